The molecule has 1 atom stereocenters. The van der Waals surface area contributed by atoms with Gasteiger partial charge in [0.2, 0.25) is 5.91 Å². The van der Waals surface area contributed by atoms with E-state index in [1.165, 1.54) is 19.1 Å². The number of benzene rings is 1. The van der Waals surface area contributed by atoms with Crippen molar-refractivity contribution in [3.63, 3.8) is 0 Å². The average Bonchev–Trinajstić information content (AvgIpc) is 2.45. The molecule has 8 heteroatoms. The number of esters is 1. The van der Waals surface area contributed by atoms with E-state index in [4.69, 9.17) is 11.6 Å². The van der Waals surface area contributed by atoms with Gasteiger partial charge in [-0.3, -0.25) is 9.59 Å². The van der Waals surface area contributed by atoms with Crippen LogP contribution < -0.4 is 10.6 Å². The van der Waals surface area contributed by atoms with Gasteiger partial charge in [0.05, 0.1) is 5.02 Å². The summed E-state index contributed by atoms with van der Waals surface area (Å²) in [7, 11) is 0. The topological polar surface area (TPSA) is 84.5 Å². The number of hydrogen-bond acceptors (Lipinski definition) is 4. The fourth-order valence-electron chi connectivity index (χ4n) is 1.57. The molecule has 0 aliphatic heterocycles. The first-order valence-electron chi connectivity index (χ1n) is 6.55. The Morgan fingerprint density at radius 1 is 1.36 bits per heavy atom. The minimum absolute atomic E-state index is 0.110. The molecule has 0 spiro atoms. The van der Waals surface area contributed by atoms with Crippen LogP contribution in [0.2, 0.25) is 5.02 Å². The van der Waals surface area contributed by atoms with Gasteiger partial charge in [0.1, 0.15) is 17.4 Å². The number of rotatable bonds is 6. The first-order chi connectivity index (χ1) is 10.4. The average molecular weight is 331 g/mol. The maximum atomic E-state index is 13.5. The van der Waals surface area contributed by atoms with E-state index in [9.17, 15) is 18.8 Å². The Kier molecular flexibility index (Phi) is 6.78. The summed E-state index contributed by atoms with van der Waals surface area (Å²) in [6.45, 7) is 3.01. The molecule has 1 rings (SSSR count). The first-order valence-corrected chi connectivity index (χ1v) is 6.92. The third-order valence-corrected chi connectivity index (χ3v) is 2.94. The third-order valence-electron chi connectivity index (χ3n) is 2.62. The molecule has 2 N–H and O–H groups in total. The molecular formula is C14H16ClFN2O4. The lowest BCUT2D eigenvalue weighted by molar-refractivity contribution is -0.130. The number of carbonyl (C=O) groups is 3. The molecule has 0 aliphatic rings. The number of carbonyl (C=O) groups excluding carboxylic acids is 3. The Morgan fingerprint density at radius 3 is 2.64 bits per heavy atom. The van der Waals surface area contributed by atoms with Crippen LogP contribution in [0.5, 0.6) is 0 Å². The predicted octanol–water partition coefficient (Wildman–Crippen LogP) is 1.28. The van der Waals surface area contributed by atoms with E-state index >= 15 is 0 Å². The molecule has 1 aromatic carbocycles. The highest BCUT2D eigenvalue weighted by Gasteiger charge is 2.20. The minimum Gasteiger partial charge on any atom is -0.452 e. The molecule has 2 amide bonds. The monoisotopic (exact) mass is 330 g/mol. The molecule has 120 valence electrons. The highest BCUT2D eigenvalue weighted by molar-refractivity contribution is 6.33. The van der Waals surface area contributed by atoms with E-state index in [0.717, 1.165) is 6.07 Å². The molecule has 0 aliphatic carbocycles. The fraction of sp³-hybridized carbons (Fsp3) is 0.357. The zero-order chi connectivity index (χ0) is 16.7. The van der Waals surface area contributed by atoms with E-state index < -0.39 is 35.9 Å². The predicted molar refractivity (Wildman–Crippen MR) is 78.0 cm³/mol. The lowest BCUT2D eigenvalue weighted by atomic mass is 10.2. The number of likely N-dealkylation sites (N-methyl/N-ethyl adjacent to an activating group) is 1. The van der Waals surface area contributed by atoms with Crippen LogP contribution >= 0.6 is 11.6 Å². The Balaban J connectivity index is 2.54. The molecule has 6 nitrogen and oxygen atoms in total. The first kappa shape index (κ1) is 17.9. The Labute approximate surface area is 132 Å². The molecule has 0 radical (unpaired) electrons. The summed E-state index contributed by atoms with van der Waals surface area (Å²) in [5.41, 5.74) is -0.436. The van der Waals surface area contributed by atoms with Gasteiger partial charge in [0.25, 0.3) is 5.91 Å². The van der Waals surface area contributed by atoms with Crippen LogP contribution in [-0.4, -0.2) is 37.0 Å². The summed E-state index contributed by atoms with van der Waals surface area (Å²) in [6, 6.07) is 2.95. The van der Waals surface area contributed by atoms with Gasteiger partial charge in [-0.25, -0.2) is 9.18 Å². The number of amides is 2. The molecule has 1 aromatic rings. The van der Waals surface area contributed by atoms with E-state index in [0.29, 0.717) is 6.54 Å². The van der Waals surface area contributed by atoms with Gasteiger partial charge in [-0.2, -0.15) is 0 Å². The van der Waals surface area contributed by atoms with Crippen molar-refractivity contribution in [3.8, 4) is 0 Å². The van der Waals surface area contributed by atoms with Gasteiger partial charge >= 0.3 is 5.97 Å². The van der Waals surface area contributed by atoms with E-state index in [-0.39, 0.29) is 10.9 Å². The van der Waals surface area contributed by atoms with Crippen LogP contribution in [0.15, 0.2) is 18.2 Å². The van der Waals surface area contributed by atoms with E-state index in [1.807, 2.05) is 0 Å². The van der Waals surface area contributed by atoms with Gasteiger partial charge in [0.15, 0.2) is 6.61 Å². The highest BCUT2D eigenvalue weighted by Crippen LogP contribution is 2.19. The second-order valence-electron chi connectivity index (χ2n) is 4.36. The van der Waals surface area contributed by atoms with Crippen molar-refractivity contribution >= 4 is 29.4 Å². The second-order valence-corrected chi connectivity index (χ2v) is 4.76. The van der Waals surface area contributed by atoms with E-state index in [1.54, 1.807) is 6.92 Å². The minimum atomic E-state index is -1.05. The largest absolute Gasteiger partial charge is 0.452 e. The fourth-order valence-corrected chi connectivity index (χ4v) is 1.81. The van der Waals surface area contributed by atoms with Crippen molar-refractivity contribution in [1.29, 1.82) is 0 Å². The molecule has 0 saturated heterocycles. The number of nitrogens with one attached hydrogen (secondary N) is 2. The summed E-state index contributed by atoms with van der Waals surface area (Å²) in [5.74, 6) is -2.93. The van der Waals surface area contributed by atoms with Gasteiger partial charge in [-0.1, -0.05) is 17.7 Å². The van der Waals surface area contributed by atoms with Crippen molar-refractivity contribution in [1.82, 2.24) is 10.6 Å². The summed E-state index contributed by atoms with van der Waals surface area (Å²) in [4.78, 5) is 34.7. The SMILES string of the molecule is CCNC(=O)[C@H](C)NC(=O)COC(=O)c1c(F)cccc1Cl. The van der Waals surface area contributed by atoms with Crippen molar-refractivity contribution in [3.05, 3.63) is 34.6 Å². The van der Waals surface area contributed by atoms with Crippen molar-refractivity contribution < 1.29 is 23.5 Å². The van der Waals surface area contributed by atoms with Crippen LogP contribution in [0.1, 0.15) is 24.2 Å². The van der Waals surface area contributed by atoms with Gasteiger partial charge < -0.3 is 15.4 Å². The van der Waals surface area contributed by atoms with Gasteiger partial charge in [-0.05, 0) is 26.0 Å². The second kappa shape index (κ2) is 8.33. The lowest BCUT2D eigenvalue weighted by Crippen LogP contribution is -2.46. The number of ether oxygens (including phenoxy) is 1. The Morgan fingerprint density at radius 2 is 2.05 bits per heavy atom. The maximum Gasteiger partial charge on any atom is 0.343 e. The normalized spacial score (nSPS) is 11.5. The molecule has 0 unspecified atom stereocenters. The zero-order valence-electron chi connectivity index (χ0n) is 12.1. The van der Waals surface area contributed by atoms with Crippen LogP contribution in [0, 0.1) is 5.82 Å². The van der Waals surface area contributed by atoms with Crippen molar-refractivity contribution in [2.75, 3.05) is 13.2 Å². The highest BCUT2D eigenvalue weighted by atomic mass is 35.5. The van der Waals surface area contributed by atoms with Crippen molar-refractivity contribution in [2.45, 2.75) is 19.9 Å². The molecule has 0 aromatic heterocycles. The number of halogens is 2. The van der Waals surface area contributed by atoms with Crippen LogP contribution in [-0.2, 0) is 14.3 Å². The van der Waals surface area contributed by atoms with Crippen LogP contribution in [0.25, 0.3) is 0 Å². The van der Waals surface area contributed by atoms with Gasteiger partial charge in [0, 0.05) is 6.54 Å². The standard InChI is InChI=1S/C14H16ClFN2O4/c1-3-17-13(20)8(2)18-11(19)7-22-14(21)12-9(15)5-4-6-10(12)16/h4-6,8H,3,7H2,1-2H3,(H,17,20)(H,18,19)/t8-/m0/s1. The van der Waals surface area contributed by atoms with E-state index in [2.05, 4.69) is 15.4 Å². The summed E-state index contributed by atoms with van der Waals surface area (Å²) in [5, 5.41) is 4.76. The lowest BCUT2D eigenvalue weighted by Gasteiger charge is -2.13. The van der Waals surface area contributed by atoms with Gasteiger partial charge in [-0.15, -0.1) is 0 Å². The summed E-state index contributed by atoms with van der Waals surface area (Å²) in [6.07, 6.45) is 0. The molecule has 0 heterocycles. The van der Waals surface area contributed by atoms with Crippen LogP contribution in [0.3, 0.4) is 0 Å². The molecule has 0 saturated carbocycles. The molecule has 22 heavy (non-hydrogen) atoms. The summed E-state index contributed by atoms with van der Waals surface area (Å²) < 4.78 is 18.2. The van der Waals surface area contributed by atoms with Crippen molar-refractivity contribution in [2.24, 2.45) is 0 Å². The molecule has 0 bridgehead atoms. The molecular weight excluding hydrogens is 315 g/mol. The van der Waals surface area contributed by atoms with Crippen LogP contribution in [0.4, 0.5) is 4.39 Å². The molecule has 0 fully saturated rings. The Bertz CT molecular complexity index is 560. The maximum absolute atomic E-state index is 13.5. The quantitative estimate of drug-likeness (QED) is 0.769. The smallest absolute Gasteiger partial charge is 0.343 e. The number of hydrogen-bond donors (Lipinski definition) is 2. The zero-order valence-corrected chi connectivity index (χ0v) is 12.9. The summed E-state index contributed by atoms with van der Waals surface area (Å²) >= 11 is 5.71. The Hall–Kier alpha value is -2.15. The third kappa shape index (κ3) is 5.00.